The molecule has 3 N–H and O–H groups in total. The van der Waals surface area contributed by atoms with E-state index in [1.54, 1.807) is 31.2 Å². The Balaban J connectivity index is 1.32. The van der Waals surface area contributed by atoms with Crippen molar-refractivity contribution in [1.82, 2.24) is 0 Å². The third kappa shape index (κ3) is 4.26. The van der Waals surface area contributed by atoms with Crippen LogP contribution in [0.5, 0.6) is 28.7 Å². The van der Waals surface area contributed by atoms with E-state index in [9.17, 15) is 20.1 Å². The fraction of sp³-hybridized carbons (Fsp3) is 0.552. The lowest BCUT2D eigenvalue weighted by Crippen LogP contribution is -2.63. The molecule has 4 heterocycles. The van der Waals surface area contributed by atoms with Crippen molar-refractivity contribution in [3.8, 4) is 28.7 Å². The van der Waals surface area contributed by atoms with E-state index in [4.69, 9.17) is 42.6 Å². The lowest BCUT2D eigenvalue weighted by Gasteiger charge is -2.47. The number of aromatic hydroxyl groups is 1. The second-order valence-electron chi connectivity index (χ2n) is 11.0. The van der Waals surface area contributed by atoms with Crippen molar-refractivity contribution < 1.29 is 62.7 Å². The SMILES string of the molecule is COc1cc([C@@H]2c3cc4c(cc3[C@H](O[C@@H]3O[C@@H]5CO[C@@H](C)O[C@@H]5[C@H](O)[C@H]3O)[C@@H]3COC(=O)[C@@H]23)OCO4)cc(OC)c1O. The number of hydrogen-bond donors (Lipinski definition) is 3. The van der Waals surface area contributed by atoms with Crippen molar-refractivity contribution in [2.24, 2.45) is 11.8 Å². The molecule has 1 aliphatic carbocycles. The zero-order chi connectivity index (χ0) is 29.3. The predicted molar refractivity (Wildman–Crippen MR) is 138 cm³/mol. The minimum Gasteiger partial charge on any atom is -0.502 e. The molecule has 13 heteroatoms. The average molecular weight is 589 g/mol. The second kappa shape index (κ2) is 10.4. The topological polar surface area (TPSA) is 161 Å². The minimum atomic E-state index is -1.44. The maximum absolute atomic E-state index is 13.4. The molecule has 0 radical (unpaired) electrons. The molecule has 0 saturated carbocycles. The molecule has 3 saturated heterocycles. The number of benzene rings is 2. The van der Waals surface area contributed by atoms with Crippen LogP contribution in [-0.2, 0) is 28.5 Å². The lowest BCUT2D eigenvalue weighted by atomic mass is 9.66. The smallest absolute Gasteiger partial charge is 0.310 e. The van der Waals surface area contributed by atoms with Crippen molar-refractivity contribution in [1.29, 1.82) is 0 Å². The fourth-order valence-corrected chi connectivity index (χ4v) is 6.74. The Morgan fingerprint density at radius 1 is 0.881 bits per heavy atom. The molecule has 3 fully saturated rings. The number of fused-ring (bicyclic) bond motifs is 4. The number of aliphatic hydroxyl groups is 2. The third-order valence-corrected chi connectivity index (χ3v) is 8.75. The van der Waals surface area contributed by atoms with Gasteiger partial charge in [-0.3, -0.25) is 4.79 Å². The van der Waals surface area contributed by atoms with E-state index in [0.717, 1.165) is 0 Å². The van der Waals surface area contributed by atoms with Gasteiger partial charge in [0.05, 0.1) is 39.5 Å². The van der Waals surface area contributed by atoms with Crippen LogP contribution in [0, 0.1) is 11.8 Å². The van der Waals surface area contributed by atoms with Crippen LogP contribution in [0.1, 0.15) is 35.6 Å². The first-order valence-corrected chi connectivity index (χ1v) is 13.8. The molecule has 0 spiro atoms. The van der Waals surface area contributed by atoms with Crippen LogP contribution in [-0.4, -0.2) is 92.5 Å². The number of rotatable bonds is 5. The van der Waals surface area contributed by atoms with Gasteiger partial charge in [-0.2, -0.15) is 0 Å². The van der Waals surface area contributed by atoms with Gasteiger partial charge < -0.3 is 58.0 Å². The van der Waals surface area contributed by atoms with Gasteiger partial charge in [0.25, 0.3) is 0 Å². The number of esters is 1. The van der Waals surface area contributed by atoms with Gasteiger partial charge in [0.15, 0.2) is 35.6 Å². The van der Waals surface area contributed by atoms with Gasteiger partial charge in [-0.25, -0.2) is 0 Å². The summed E-state index contributed by atoms with van der Waals surface area (Å²) in [4.78, 5) is 13.4. The number of carbonyl (C=O) groups is 1. The number of carbonyl (C=O) groups excluding carboxylic acids is 1. The van der Waals surface area contributed by atoms with Crippen LogP contribution < -0.4 is 18.9 Å². The average Bonchev–Trinajstić information content (AvgIpc) is 3.61. The van der Waals surface area contributed by atoms with Gasteiger partial charge in [0.1, 0.15) is 24.4 Å². The lowest BCUT2D eigenvalue weighted by molar-refractivity contribution is -0.364. The predicted octanol–water partition coefficient (Wildman–Crippen LogP) is 1.34. The highest BCUT2D eigenvalue weighted by molar-refractivity contribution is 5.79. The summed E-state index contributed by atoms with van der Waals surface area (Å²) in [6.07, 6.45) is -6.80. The highest BCUT2D eigenvalue weighted by atomic mass is 16.8. The van der Waals surface area contributed by atoms with E-state index >= 15 is 0 Å². The van der Waals surface area contributed by atoms with Crippen molar-refractivity contribution in [3.63, 3.8) is 0 Å². The number of cyclic esters (lactones) is 1. The fourth-order valence-electron chi connectivity index (χ4n) is 6.74. The molecule has 7 rings (SSSR count). The molecule has 226 valence electrons. The number of hydrogen-bond acceptors (Lipinski definition) is 13. The molecule has 5 aliphatic rings. The summed E-state index contributed by atoms with van der Waals surface area (Å²) in [7, 11) is 2.86. The van der Waals surface area contributed by atoms with E-state index in [-0.39, 0.29) is 37.3 Å². The zero-order valence-electron chi connectivity index (χ0n) is 23.1. The molecule has 0 unspecified atom stereocenters. The van der Waals surface area contributed by atoms with Crippen molar-refractivity contribution >= 4 is 5.97 Å². The van der Waals surface area contributed by atoms with Crippen LogP contribution in [0.3, 0.4) is 0 Å². The summed E-state index contributed by atoms with van der Waals surface area (Å²) in [6.45, 7) is 1.93. The summed E-state index contributed by atoms with van der Waals surface area (Å²) in [5.41, 5.74) is 2.01. The van der Waals surface area contributed by atoms with Crippen molar-refractivity contribution in [2.45, 2.75) is 55.9 Å². The highest BCUT2D eigenvalue weighted by Crippen LogP contribution is 2.57. The normalized spacial score (nSPS) is 36.5. The van der Waals surface area contributed by atoms with Crippen LogP contribution in [0.15, 0.2) is 24.3 Å². The van der Waals surface area contributed by atoms with Gasteiger partial charge in [-0.15, -0.1) is 0 Å². The van der Waals surface area contributed by atoms with Crippen LogP contribution in [0.2, 0.25) is 0 Å². The zero-order valence-corrected chi connectivity index (χ0v) is 23.1. The van der Waals surface area contributed by atoms with Gasteiger partial charge >= 0.3 is 5.97 Å². The summed E-state index contributed by atoms with van der Waals surface area (Å²) < 4.78 is 51.5. The number of methoxy groups -OCH3 is 2. The van der Waals surface area contributed by atoms with Crippen molar-refractivity contribution in [3.05, 3.63) is 41.0 Å². The van der Waals surface area contributed by atoms with E-state index in [0.29, 0.717) is 28.2 Å². The molecule has 42 heavy (non-hydrogen) atoms. The summed E-state index contributed by atoms with van der Waals surface area (Å²) >= 11 is 0. The monoisotopic (exact) mass is 588 g/mol. The van der Waals surface area contributed by atoms with Crippen LogP contribution in [0.4, 0.5) is 0 Å². The van der Waals surface area contributed by atoms with Crippen molar-refractivity contribution in [2.75, 3.05) is 34.2 Å². The Kier molecular flexibility index (Phi) is 6.83. The molecule has 0 aromatic heterocycles. The minimum absolute atomic E-state index is 0.0301. The number of phenols is 1. The van der Waals surface area contributed by atoms with Gasteiger partial charge in [-0.1, -0.05) is 0 Å². The van der Waals surface area contributed by atoms with Gasteiger partial charge in [-0.05, 0) is 47.9 Å². The summed E-state index contributed by atoms with van der Waals surface area (Å²) in [5, 5.41) is 32.5. The standard InChI is InChI=1S/C29H32O13/c1-11-36-9-20-27(40-11)24(31)25(32)29(41-20)42-26-14-7-17-16(38-10-39-17)6-13(14)21(22-15(26)8-37-28(22)33)12-4-18(34-2)23(30)19(5-12)35-3/h4-7,11,15,20-22,24-27,29-32H,8-10H2,1-3H3/t11-,15-,20-,21-,22-,24-,25-,26+,27+,29+/m1/s1. The summed E-state index contributed by atoms with van der Waals surface area (Å²) in [5.74, 6) is -1.02. The van der Waals surface area contributed by atoms with E-state index < -0.39 is 66.8 Å². The van der Waals surface area contributed by atoms with E-state index in [1.165, 1.54) is 14.2 Å². The van der Waals surface area contributed by atoms with Crippen LogP contribution >= 0.6 is 0 Å². The summed E-state index contributed by atoms with van der Waals surface area (Å²) in [6, 6.07) is 6.93. The number of aliphatic hydroxyl groups excluding tert-OH is 2. The molecule has 13 nitrogen and oxygen atoms in total. The molecule has 0 bridgehead atoms. The largest absolute Gasteiger partial charge is 0.502 e. The second-order valence-corrected chi connectivity index (χ2v) is 11.0. The first kappa shape index (κ1) is 27.5. The highest BCUT2D eigenvalue weighted by Gasteiger charge is 2.56. The third-order valence-electron chi connectivity index (χ3n) is 8.75. The van der Waals surface area contributed by atoms with E-state index in [2.05, 4.69) is 0 Å². The Labute approximate surface area is 240 Å². The van der Waals surface area contributed by atoms with Gasteiger partial charge in [0.2, 0.25) is 12.5 Å². The van der Waals surface area contributed by atoms with Gasteiger partial charge in [0, 0.05) is 11.8 Å². The molecule has 4 aliphatic heterocycles. The molecule has 2 aromatic rings. The molecule has 10 atom stereocenters. The van der Waals surface area contributed by atoms with Crippen LogP contribution in [0.25, 0.3) is 0 Å². The Morgan fingerprint density at radius 3 is 2.26 bits per heavy atom. The molecular formula is C29H32O13. The maximum atomic E-state index is 13.4. The Hall–Kier alpha value is -3.33. The quantitative estimate of drug-likeness (QED) is 0.430. The molecule has 2 aromatic carbocycles. The maximum Gasteiger partial charge on any atom is 0.310 e. The number of ether oxygens (including phenoxy) is 9. The Bertz CT molecular complexity index is 1350. The number of phenolic OH excluding ortho intramolecular Hbond substituents is 1. The first-order valence-electron chi connectivity index (χ1n) is 13.8. The molecular weight excluding hydrogens is 556 g/mol. The first-order chi connectivity index (χ1) is 20.3. The molecule has 0 amide bonds. The van der Waals surface area contributed by atoms with E-state index in [1.807, 2.05) is 0 Å². The Morgan fingerprint density at radius 2 is 1.57 bits per heavy atom.